The molecule has 0 aliphatic carbocycles. The Kier molecular flexibility index (Phi) is 4.61. The average molecular weight is 405 g/mol. The van der Waals surface area contributed by atoms with Crippen molar-refractivity contribution in [2.24, 2.45) is 0 Å². The van der Waals surface area contributed by atoms with Crippen LogP contribution in [0, 0.1) is 13.8 Å². The van der Waals surface area contributed by atoms with Crippen molar-refractivity contribution in [3.05, 3.63) is 59.3 Å². The second-order valence-electron chi connectivity index (χ2n) is 7.97. The zero-order valence-electron chi connectivity index (χ0n) is 17.3. The van der Waals surface area contributed by atoms with Crippen LogP contribution in [-0.2, 0) is 14.3 Å². The van der Waals surface area contributed by atoms with Gasteiger partial charge in [-0.15, -0.1) is 0 Å². The SMILES string of the molecule is Cc1[nH]c2ccc(C(=O)OCC(=O)N3c4ccccc4NC(=O)C3(C)C)cc2c1C. The number of benzene rings is 2. The van der Waals surface area contributed by atoms with Gasteiger partial charge >= 0.3 is 5.97 Å². The van der Waals surface area contributed by atoms with Crippen LogP contribution in [0.2, 0.25) is 0 Å². The number of nitrogens with zero attached hydrogens (tertiary/aromatic N) is 1. The van der Waals surface area contributed by atoms with Crippen LogP contribution >= 0.6 is 0 Å². The predicted octanol–water partition coefficient (Wildman–Crippen LogP) is 3.71. The van der Waals surface area contributed by atoms with Crippen molar-refractivity contribution >= 4 is 40.1 Å². The van der Waals surface area contributed by atoms with Crippen LogP contribution in [0.4, 0.5) is 11.4 Å². The summed E-state index contributed by atoms with van der Waals surface area (Å²) < 4.78 is 5.31. The summed E-state index contributed by atoms with van der Waals surface area (Å²) in [6.45, 7) is 6.80. The topological polar surface area (TPSA) is 91.5 Å². The minimum absolute atomic E-state index is 0.301. The van der Waals surface area contributed by atoms with Gasteiger partial charge in [-0.2, -0.15) is 0 Å². The smallest absolute Gasteiger partial charge is 0.338 e. The fraction of sp³-hybridized carbons (Fsp3) is 0.261. The van der Waals surface area contributed by atoms with Crippen LogP contribution in [0.3, 0.4) is 0 Å². The van der Waals surface area contributed by atoms with Crippen LogP contribution in [0.15, 0.2) is 42.5 Å². The standard InChI is InChI=1S/C23H23N3O4/c1-13-14(2)24-17-10-9-15(11-16(13)17)21(28)30-12-20(27)26-19-8-6-5-7-18(19)25-22(29)23(26,3)4/h5-11,24H,12H2,1-4H3,(H,25,29). The quantitative estimate of drug-likeness (QED) is 0.650. The maximum Gasteiger partial charge on any atom is 0.338 e. The molecule has 0 radical (unpaired) electrons. The Bertz CT molecular complexity index is 1190. The summed E-state index contributed by atoms with van der Waals surface area (Å²) in [5.41, 5.74) is 3.41. The van der Waals surface area contributed by atoms with Crippen LogP contribution in [0.25, 0.3) is 10.9 Å². The lowest BCUT2D eigenvalue weighted by Crippen LogP contribution is -2.59. The van der Waals surface area contributed by atoms with E-state index in [1.165, 1.54) is 4.90 Å². The van der Waals surface area contributed by atoms with Crippen molar-refractivity contribution < 1.29 is 19.1 Å². The average Bonchev–Trinajstić information content (AvgIpc) is 3.00. The molecule has 0 atom stereocenters. The molecule has 2 amide bonds. The summed E-state index contributed by atoms with van der Waals surface area (Å²) in [4.78, 5) is 42.7. The molecule has 0 unspecified atom stereocenters. The van der Waals surface area contributed by atoms with Crippen LogP contribution < -0.4 is 10.2 Å². The zero-order valence-corrected chi connectivity index (χ0v) is 17.3. The summed E-state index contributed by atoms with van der Waals surface area (Å²) in [7, 11) is 0. The number of carbonyl (C=O) groups excluding carboxylic acids is 3. The second kappa shape index (κ2) is 7.02. The molecule has 0 spiro atoms. The van der Waals surface area contributed by atoms with Gasteiger partial charge in [-0.25, -0.2) is 4.79 Å². The first-order valence-corrected chi connectivity index (χ1v) is 9.69. The molecule has 3 aromatic rings. The first kappa shape index (κ1) is 19.7. The molecule has 0 fully saturated rings. The Labute approximate surface area is 174 Å². The van der Waals surface area contributed by atoms with Crippen molar-refractivity contribution in [2.45, 2.75) is 33.2 Å². The van der Waals surface area contributed by atoms with Crippen LogP contribution in [0.5, 0.6) is 0 Å². The number of rotatable bonds is 3. The van der Waals surface area contributed by atoms with Crippen molar-refractivity contribution in [3.8, 4) is 0 Å². The molecule has 2 aromatic carbocycles. The Morgan fingerprint density at radius 1 is 1.10 bits per heavy atom. The molecular weight excluding hydrogens is 382 g/mol. The number of amides is 2. The lowest BCUT2D eigenvalue weighted by molar-refractivity contribution is -0.128. The molecule has 0 saturated carbocycles. The fourth-order valence-electron chi connectivity index (χ4n) is 3.76. The van der Waals surface area contributed by atoms with Gasteiger partial charge in [0.2, 0.25) is 5.91 Å². The molecule has 2 N–H and O–H groups in total. The van der Waals surface area contributed by atoms with E-state index in [0.717, 1.165) is 22.2 Å². The first-order valence-electron chi connectivity index (χ1n) is 9.69. The highest BCUT2D eigenvalue weighted by Gasteiger charge is 2.43. The minimum Gasteiger partial charge on any atom is -0.452 e. The summed E-state index contributed by atoms with van der Waals surface area (Å²) in [5.74, 6) is -1.36. The number of anilines is 2. The third-order valence-corrected chi connectivity index (χ3v) is 5.63. The number of para-hydroxylation sites is 2. The van der Waals surface area contributed by atoms with Gasteiger partial charge in [0.05, 0.1) is 16.9 Å². The Morgan fingerprint density at radius 2 is 1.83 bits per heavy atom. The van der Waals surface area contributed by atoms with E-state index in [1.807, 2.05) is 19.9 Å². The van der Waals surface area contributed by atoms with Gasteiger partial charge in [0, 0.05) is 16.6 Å². The lowest BCUT2D eigenvalue weighted by atomic mass is 9.96. The molecule has 0 saturated heterocycles. The number of H-pyrrole nitrogens is 1. The van der Waals surface area contributed by atoms with E-state index in [4.69, 9.17) is 4.74 Å². The highest BCUT2D eigenvalue weighted by Crippen LogP contribution is 2.36. The number of hydrogen-bond donors (Lipinski definition) is 2. The summed E-state index contributed by atoms with van der Waals surface area (Å²) in [6.07, 6.45) is 0. The normalized spacial score (nSPS) is 14.9. The van der Waals surface area contributed by atoms with E-state index >= 15 is 0 Å². The van der Waals surface area contributed by atoms with Crippen molar-refractivity contribution in [2.75, 3.05) is 16.8 Å². The van der Waals surface area contributed by atoms with E-state index in [9.17, 15) is 14.4 Å². The molecule has 7 heteroatoms. The number of ether oxygens (including phenoxy) is 1. The number of aromatic nitrogens is 1. The lowest BCUT2D eigenvalue weighted by Gasteiger charge is -2.41. The Morgan fingerprint density at radius 3 is 2.60 bits per heavy atom. The van der Waals surface area contributed by atoms with Gasteiger partial charge < -0.3 is 15.0 Å². The summed E-state index contributed by atoms with van der Waals surface area (Å²) in [5, 5.41) is 3.75. The van der Waals surface area contributed by atoms with Gasteiger partial charge in [0.1, 0.15) is 5.54 Å². The number of carbonyl (C=O) groups is 3. The third kappa shape index (κ3) is 3.12. The molecule has 0 bridgehead atoms. The first-order chi connectivity index (χ1) is 14.2. The predicted molar refractivity (Wildman–Crippen MR) is 115 cm³/mol. The largest absolute Gasteiger partial charge is 0.452 e. The maximum atomic E-state index is 13.0. The highest BCUT2D eigenvalue weighted by atomic mass is 16.5. The molecule has 2 heterocycles. The van der Waals surface area contributed by atoms with Gasteiger partial charge in [0.25, 0.3) is 5.91 Å². The van der Waals surface area contributed by atoms with Crippen molar-refractivity contribution in [1.82, 2.24) is 4.98 Å². The van der Waals surface area contributed by atoms with Gasteiger partial charge in [-0.05, 0) is 63.6 Å². The third-order valence-electron chi connectivity index (χ3n) is 5.63. The Balaban J connectivity index is 1.55. The molecule has 154 valence electrons. The van der Waals surface area contributed by atoms with E-state index in [1.54, 1.807) is 50.2 Å². The fourth-order valence-corrected chi connectivity index (χ4v) is 3.76. The molecular formula is C23H23N3O4. The number of esters is 1. The van der Waals surface area contributed by atoms with Gasteiger partial charge in [-0.3, -0.25) is 14.5 Å². The summed E-state index contributed by atoms with van der Waals surface area (Å²) in [6, 6.07) is 12.3. The summed E-state index contributed by atoms with van der Waals surface area (Å²) >= 11 is 0. The molecule has 1 aliphatic rings. The van der Waals surface area contributed by atoms with Crippen molar-refractivity contribution in [3.63, 3.8) is 0 Å². The van der Waals surface area contributed by atoms with E-state index in [0.29, 0.717) is 16.9 Å². The minimum atomic E-state index is -1.11. The number of nitrogens with one attached hydrogen (secondary N) is 2. The number of aromatic amines is 1. The van der Waals surface area contributed by atoms with Gasteiger partial charge in [0.15, 0.2) is 6.61 Å². The van der Waals surface area contributed by atoms with E-state index in [-0.39, 0.29) is 5.91 Å². The van der Waals surface area contributed by atoms with Crippen LogP contribution in [-0.4, -0.2) is 34.9 Å². The molecule has 30 heavy (non-hydrogen) atoms. The molecule has 7 nitrogen and oxygen atoms in total. The van der Waals surface area contributed by atoms with Crippen LogP contribution in [0.1, 0.15) is 35.5 Å². The number of hydrogen-bond acceptors (Lipinski definition) is 4. The van der Waals surface area contributed by atoms with E-state index in [2.05, 4.69) is 10.3 Å². The maximum absolute atomic E-state index is 13.0. The number of fused-ring (bicyclic) bond motifs is 2. The monoisotopic (exact) mass is 405 g/mol. The van der Waals surface area contributed by atoms with Crippen molar-refractivity contribution in [1.29, 1.82) is 0 Å². The molecule has 4 rings (SSSR count). The zero-order chi connectivity index (χ0) is 21.6. The number of aryl methyl sites for hydroxylation is 2. The van der Waals surface area contributed by atoms with Gasteiger partial charge in [-0.1, -0.05) is 12.1 Å². The van der Waals surface area contributed by atoms with E-state index < -0.39 is 24.0 Å². The molecule has 1 aliphatic heterocycles. The Hall–Kier alpha value is -3.61. The highest BCUT2D eigenvalue weighted by molar-refractivity contribution is 6.14. The molecule has 1 aromatic heterocycles. The second-order valence-corrected chi connectivity index (χ2v) is 7.97.